The molecule has 0 aliphatic carbocycles. The summed E-state index contributed by atoms with van der Waals surface area (Å²) >= 11 is 0. The molecule has 0 radical (unpaired) electrons. The Labute approximate surface area is 215 Å². The fourth-order valence-corrected chi connectivity index (χ4v) is 5.70. The molecule has 9 nitrogen and oxygen atoms in total. The van der Waals surface area contributed by atoms with E-state index in [2.05, 4.69) is 25.8 Å². The number of amides is 1. The molecule has 0 bridgehead atoms. The monoisotopic (exact) mass is 525 g/mol. The van der Waals surface area contributed by atoms with Crippen molar-refractivity contribution < 1.29 is 21.8 Å². The highest BCUT2D eigenvalue weighted by atomic mass is 32.3. The number of terminal acetylenes is 1. The first-order valence-corrected chi connectivity index (χ1v) is 13.6. The first-order chi connectivity index (χ1) is 17.7. The predicted molar refractivity (Wildman–Crippen MR) is 135 cm³/mol. The molecule has 0 unspecified atom stereocenters. The van der Waals surface area contributed by atoms with Crippen molar-refractivity contribution >= 4 is 27.3 Å². The number of piperazine rings is 1. The molecule has 2 saturated heterocycles. The summed E-state index contributed by atoms with van der Waals surface area (Å²) in [6.45, 7) is 5.36. The van der Waals surface area contributed by atoms with Gasteiger partial charge in [-0.3, -0.25) is 9.69 Å². The lowest BCUT2D eigenvalue weighted by molar-refractivity contribution is 0.0477. The number of carbonyl (C=O) groups excluding carboxylic acids is 1. The molecular weight excluding hydrogens is 497 g/mol. The highest BCUT2D eigenvalue weighted by molar-refractivity contribution is 7.86. The van der Waals surface area contributed by atoms with Gasteiger partial charge >= 0.3 is 10.2 Å². The van der Waals surface area contributed by atoms with Gasteiger partial charge in [-0.25, -0.2) is 9.97 Å². The van der Waals surface area contributed by atoms with E-state index in [1.807, 2.05) is 11.8 Å². The van der Waals surface area contributed by atoms with Crippen molar-refractivity contribution in [1.29, 1.82) is 0 Å². The number of imidazole rings is 1. The number of hydrogen-bond acceptors (Lipinski definition) is 7. The van der Waals surface area contributed by atoms with Crippen molar-refractivity contribution in [3.63, 3.8) is 0 Å². The SMILES string of the molecule is C#Cc1cc(CN2CCN(C(=O)c3ccnc4nc(C5CCOCC5)[nH]c34)[C@@H](C)C2)cc(S(=O)(=O)F)c1. The zero-order valence-electron chi connectivity index (χ0n) is 20.5. The average Bonchev–Trinajstić information content (AvgIpc) is 3.33. The van der Waals surface area contributed by atoms with E-state index in [9.17, 15) is 17.1 Å². The Balaban J connectivity index is 1.31. The molecule has 1 amide bonds. The van der Waals surface area contributed by atoms with Crippen LogP contribution in [-0.2, 0) is 21.5 Å². The van der Waals surface area contributed by atoms with Gasteiger partial charge in [-0.15, -0.1) is 10.3 Å². The van der Waals surface area contributed by atoms with Gasteiger partial charge in [0.25, 0.3) is 5.91 Å². The van der Waals surface area contributed by atoms with E-state index in [1.165, 1.54) is 6.07 Å². The van der Waals surface area contributed by atoms with E-state index in [1.54, 1.807) is 18.3 Å². The van der Waals surface area contributed by atoms with Crippen LogP contribution in [0.5, 0.6) is 0 Å². The molecule has 1 N–H and O–H groups in total. The lowest BCUT2D eigenvalue weighted by atomic mass is 10.00. The molecule has 2 fully saturated rings. The highest BCUT2D eigenvalue weighted by Gasteiger charge is 2.30. The van der Waals surface area contributed by atoms with E-state index in [0.29, 0.717) is 67.2 Å². The number of fused-ring (bicyclic) bond motifs is 1. The number of nitrogens with one attached hydrogen (secondary N) is 1. The molecule has 4 heterocycles. The van der Waals surface area contributed by atoms with E-state index in [-0.39, 0.29) is 17.9 Å². The maximum Gasteiger partial charge on any atom is 0.332 e. The van der Waals surface area contributed by atoms with Crippen LogP contribution in [0.3, 0.4) is 0 Å². The first kappa shape index (κ1) is 25.3. The Kier molecular flexibility index (Phi) is 6.98. The Hall–Kier alpha value is -3.33. The van der Waals surface area contributed by atoms with Crippen LogP contribution in [0, 0.1) is 12.3 Å². The molecule has 2 aromatic heterocycles. The third-order valence-electron chi connectivity index (χ3n) is 7.04. The van der Waals surface area contributed by atoms with Gasteiger partial charge in [0.05, 0.1) is 11.1 Å². The number of aromatic amines is 1. The molecule has 2 aliphatic heterocycles. The normalized spacial score (nSPS) is 19.7. The summed E-state index contributed by atoms with van der Waals surface area (Å²) in [5.74, 6) is 3.38. The minimum atomic E-state index is -4.87. The van der Waals surface area contributed by atoms with E-state index in [4.69, 9.17) is 11.2 Å². The molecule has 1 aromatic carbocycles. The summed E-state index contributed by atoms with van der Waals surface area (Å²) in [4.78, 5) is 29.5. The number of aromatic nitrogens is 3. The quantitative estimate of drug-likeness (QED) is 0.403. The van der Waals surface area contributed by atoms with Crippen LogP contribution >= 0.6 is 0 Å². The molecule has 194 valence electrons. The molecule has 3 aromatic rings. The maximum absolute atomic E-state index is 13.6. The van der Waals surface area contributed by atoms with E-state index < -0.39 is 15.1 Å². The Bertz CT molecular complexity index is 1480. The molecule has 0 spiro atoms. The molecule has 5 rings (SSSR count). The van der Waals surface area contributed by atoms with Gasteiger partial charge < -0.3 is 14.6 Å². The smallest absolute Gasteiger partial charge is 0.332 e. The Morgan fingerprint density at radius 1 is 1.27 bits per heavy atom. The lowest BCUT2D eigenvalue weighted by Crippen LogP contribution is -2.53. The van der Waals surface area contributed by atoms with Crippen LogP contribution in [0.4, 0.5) is 3.89 Å². The molecule has 2 aliphatic rings. The number of H-pyrrole nitrogens is 1. The zero-order valence-corrected chi connectivity index (χ0v) is 21.3. The second-order valence-electron chi connectivity index (χ2n) is 9.60. The predicted octanol–water partition coefficient (Wildman–Crippen LogP) is 2.84. The number of ether oxygens (including phenoxy) is 1. The number of rotatable bonds is 5. The minimum Gasteiger partial charge on any atom is -0.381 e. The summed E-state index contributed by atoms with van der Waals surface area (Å²) in [5, 5.41) is 0. The number of nitrogens with zero attached hydrogens (tertiary/aromatic N) is 4. The minimum absolute atomic E-state index is 0.0955. The molecule has 11 heteroatoms. The van der Waals surface area contributed by atoms with Gasteiger partial charge in [-0.1, -0.05) is 5.92 Å². The highest BCUT2D eigenvalue weighted by Crippen LogP contribution is 2.28. The summed E-state index contributed by atoms with van der Waals surface area (Å²) in [5.41, 5.74) is 2.63. The molecule has 0 saturated carbocycles. The van der Waals surface area contributed by atoms with Gasteiger partial charge in [0.15, 0.2) is 5.65 Å². The fraction of sp³-hybridized carbons (Fsp3) is 0.423. The van der Waals surface area contributed by atoms with Crippen LogP contribution < -0.4 is 0 Å². The van der Waals surface area contributed by atoms with Crippen LogP contribution in [0.2, 0.25) is 0 Å². The van der Waals surface area contributed by atoms with Gasteiger partial charge in [0, 0.05) is 63.1 Å². The van der Waals surface area contributed by atoms with Gasteiger partial charge in [0.1, 0.15) is 10.7 Å². The van der Waals surface area contributed by atoms with Crippen molar-refractivity contribution in [3.05, 3.63) is 53.0 Å². The number of carbonyl (C=O) groups is 1. The third-order valence-corrected chi connectivity index (χ3v) is 7.84. The molecule has 37 heavy (non-hydrogen) atoms. The van der Waals surface area contributed by atoms with Crippen LogP contribution in [-0.4, -0.2) is 78.0 Å². The van der Waals surface area contributed by atoms with Crippen molar-refractivity contribution in [2.75, 3.05) is 32.8 Å². The molecular formula is C26H28FN5O4S. The standard InChI is InChI=1S/C26H28FN5O4S/c1-3-18-12-19(14-21(13-18)37(27,34)35)16-31-8-9-32(17(2)15-31)26(33)22-4-7-28-25-23(22)29-24(30-25)20-5-10-36-11-6-20/h1,4,7,12-14,17,20H,5-6,8-11,15-16H2,2H3,(H,28,29,30)/t17-/m0/s1. The number of halogens is 1. The fourth-order valence-electron chi connectivity index (χ4n) is 5.14. The van der Waals surface area contributed by atoms with Crippen molar-refractivity contribution in [2.45, 2.75) is 43.2 Å². The summed E-state index contributed by atoms with van der Waals surface area (Å²) in [6, 6.07) is 5.75. The third kappa shape index (κ3) is 5.37. The van der Waals surface area contributed by atoms with Crippen molar-refractivity contribution in [3.8, 4) is 12.3 Å². The number of pyridine rings is 1. The van der Waals surface area contributed by atoms with Crippen LogP contribution in [0.1, 0.15) is 53.0 Å². The molecule has 1 atom stereocenters. The van der Waals surface area contributed by atoms with Crippen molar-refractivity contribution in [1.82, 2.24) is 24.8 Å². The second kappa shape index (κ2) is 10.2. The average molecular weight is 526 g/mol. The zero-order chi connectivity index (χ0) is 26.2. The topological polar surface area (TPSA) is 108 Å². The number of hydrogen-bond donors (Lipinski definition) is 1. The Morgan fingerprint density at radius 3 is 2.76 bits per heavy atom. The van der Waals surface area contributed by atoms with Crippen LogP contribution in [0.25, 0.3) is 11.2 Å². The largest absolute Gasteiger partial charge is 0.381 e. The van der Waals surface area contributed by atoms with Crippen LogP contribution in [0.15, 0.2) is 35.4 Å². The van der Waals surface area contributed by atoms with Gasteiger partial charge in [-0.05, 0) is 49.6 Å². The Morgan fingerprint density at radius 2 is 2.05 bits per heavy atom. The van der Waals surface area contributed by atoms with Gasteiger partial charge in [0.2, 0.25) is 0 Å². The maximum atomic E-state index is 13.6. The van der Waals surface area contributed by atoms with Crippen molar-refractivity contribution in [2.24, 2.45) is 0 Å². The van der Waals surface area contributed by atoms with Gasteiger partial charge in [-0.2, -0.15) is 8.42 Å². The second-order valence-corrected chi connectivity index (χ2v) is 10.9. The first-order valence-electron chi connectivity index (χ1n) is 12.2. The van der Waals surface area contributed by atoms with E-state index >= 15 is 0 Å². The lowest BCUT2D eigenvalue weighted by Gasteiger charge is -2.40. The van der Waals surface area contributed by atoms with E-state index in [0.717, 1.165) is 24.7 Å². The number of benzene rings is 1. The summed E-state index contributed by atoms with van der Waals surface area (Å²) in [7, 11) is -4.87. The summed E-state index contributed by atoms with van der Waals surface area (Å²) < 4.78 is 41.9. The summed E-state index contributed by atoms with van der Waals surface area (Å²) in [6.07, 6.45) is 8.81.